The molecule has 0 spiro atoms. The van der Waals surface area contributed by atoms with Gasteiger partial charge in [-0.15, -0.1) is 0 Å². The van der Waals surface area contributed by atoms with Gasteiger partial charge in [-0.05, 0) is 30.9 Å². The van der Waals surface area contributed by atoms with Crippen LogP contribution in [0.4, 0.5) is 4.79 Å². The molecule has 0 bridgehead atoms. The molecule has 1 aromatic rings. The Kier molecular flexibility index (Phi) is 5.52. The highest BCUT2D eigenvalue weighted by atomic mass is 16.2. The molecule has 1 aromatic carbocycles. The summed E-state index contributed by atoms with van der Waals surface area (Å²) in [4.78, 5) is 28.5. The zero-order valence-electron chi connectivity index (χ0n) is 15.5. The van der Waals surface area contributed by atoms with Gasteiger partial charge in [-0.2, -0.15) is 0 Å². The van der Waals surface area contributed by atoms with Crippen molar-refractivity contribution in [3.63, 3.8) is 0 Å². The second-order valence-electron chi connectivity index (χ2n) is 7.82. The van der Waals surface area contributed by atoms with Crippen molar-refractivity contribution >= 4 is 11.9 Å². The Labute approximate surface area is 145 Å². The van der Waals surface area contributed by atoms with Crippen LogP contribution in [0.2, 0.25) is 0 Å². The third-order valence-corrected chi connectivity index (χ3v) is 4.25. The van der Waals surface area contributed by atoms with Gasteiger partial charge < -0.3 is 15.1 Å². The predicted octanol–water partition coefficient (Wildman–Crippen LogP) is 2.82. The summed E-state index contributed by atoms with van der Waals surface area (Å²) in [6.07, 6.45) is 0. The molecule has 1 saturated heterocycles. The number of nitrogens with one attached hydrogen (secondary N) is 1. The minimum absolute atomic E-state index is 0.0382. The Hall–Kier alpha value is -2.04. The maximum Gasteiger partial charge on any atom is 0.317 e. The number of hydrogen-bond acceptors (Lipinski definition) is 2. The van der Waals surface area contributed by atoms with E-state index in [-0.39, 0.29) is 17.4 Å². The Morgan fingerprint density at radius 2 is 1.62 bits per heavy atom. The lowest BCUT2D eigenvalue weighted by Crippen LogP contribution is -2.54. The third-order valence-electron chi connectivity index (χ3n) is 4.25. The summed E-state index contributed by atoms with van der Waals surface area (Å²) in [5.41, 5.74) is 2.91. The normalized spacial score (nSPS) is 15.4. The standard InChI is InChI=1S/C19H29N3O2/c1-14-6-7-15(2)16(12-14)17(23)21-8-10-22(11-9-21)18(24)20-13-19(3,4)5/h6-7,12H,8-11,13H2,1-5H3,(H,20,24). The van der Waals surface area contributed by atoms with Crippen LogP contribution in [0.3, 0.4) is 0 Å². The molecule has 0 radical (unpaired) electrons. The fourth-order valence-corrected chi connectivity index (χ4v) is 2.70. The van der Waals surface area contributed by atoms with Gasteiger partial charge in [0.15, 0.2) is 0 Å². The summed E-state index contributed by atoms with van der Waals surface area (Å²) in [6.45, 7) is 13.2. The second kappa shape index (κ2) is 7.24. The summed E-state index contributed by atoms with van der Waals surface area (Å²) in [6, 6.07) is 5.91. The smallest absolute Gasteiger partial charge is 0.317 e. The Morgan fingerprint density at radius 3 is 2.21 bits per heavy atom. The molecule has 0 unspecified atom stereocenters. The van der Waals surface area contributed by atoms with Crippen molar-refractivity contribution in [2.75, 3.05) is 32.7 Å². The molecule has 1 fully saturated rings. The summed E-state index contributed by atoms with van der Waals surface area (Å²) >= 11 is 0. The third kappa shape index (κ3) is 4.73. The molecule has 5 nitrogen and oxygen atoms in total. The number of amides is 3. The maximum atomic E-state index is 12.7. The first-order valence-electron chi connectivity index (χ1n) is 8.57. The molecular formula is C19H29N3O2. The van der Waals surface area contributed by atoms with E-state index in [1.807, 2.05) is 36.9 Å². The van der Waals surface area contributed by atoms with Gasteiger partial charge in [0.25, 0.3) is 5.91 Å². The highest BCUT2D eigenvalue weighted by molar-refractivity contribution is 5.96. The summed E-state index contributed by atoms with van der Waals surface area (Å²) in [5, 5.41) is 2.97. The highest BCUT2D eigenvalue weighted by Crippen LogP contribution is 2.15. The number of benzene rings is 1. The number of urea groups is 1. The van der Waals surface area contributed by atoms with Crippen LogP contribution in [0, 0.1) is 19.3 Å². The number of carbonyl (C=O) groups excluding carboxylic acids is 2. The second-order valence-corrected chi connectivity index (χ2v) is 7.82. The minimum atomic E-state index is -0.0382. The molecule has 1 N–H and O–H groups in total. The van der Waals surface area contributed by atoms with Gasteiger partial charge in [-0.25, -0.2) is 4.79 Å². The number of aryl methyl sites for hydroxylation is 2. The molecule has 132 valence electrons. The molecule has 0 atom stereocenters. The zero-order chi connectivity index (χ0) is 17.9. The van der Waals surface area contributed by atoms with E-state index < -0.39 is 0 Å². The molecule has 1 heterocycles. The monoisotopic (exact) mass is 331 g/mol. The van der Waals surface area contributed by atoms with E-state index in [9.17, 15) is 9.59 Å². The van der Waals surface area contributed by atoms with Crippen LogP contribution in [0.1, 0.15) is 42.3 Å². The van der Waals surface area contributed by atoms with Gasteiger partial charge in [0, 0.05) is 38.3 Å². The molecule has 1 aliphatic rings. The van der Waals surface area contributed by atoms with Gasteiger partial charge in [0.1, 0.15) is 0 Å². The lowest BCUT2D eigenvalue weighted by atomic mass is 9.97. The van der Waals surface area contributed by atoms with E-state index in [2.05, 4.69) is 26.1 Å². The van der Waals surface area contributed by atoms with Crippen molar-refractivity contribution in [1.29, 1.82) is 0 Å². The van der Waals surface area contributed by atoms with Gasteiger partial charge in [0.2, 0.25) is 0 Å². The van der Waals surface area contributed by atoms with E-state index in [1.54, 1.807) is 4.90 Å². The molecule has 0 aliphatic carbocycles. The van der Waals surface area contributed by atoms with Gasteiger partial charge in [0.05, 0.1) is 0 Å². The SMILES string of the molecule is Cc1ccc(C)c(C(=O)N2CCN(C(=O)NCC(C)(C)C)CC2)c1. The van der Waals surface area contributed by atoms with E-state index in [0.717, 1.165) is 16.7 Å². The zero-order valence-corrected chi connectivity index (χ0v) is 15.5. The molecule has 0 saturated carbocycles. The first-order chi connectivity index (χ1) is 11.2. The first kappa shape index (κ1) is 18.3. The molecule has 0 aromatic heterocycles. The molecule has 1 aliphatic heterocycles. The van der Waals surface area contributed by atoms with Gasteiger partial charge >= 0.3 is 6.03 Å². The van der Waals surface area contributed by atoms with Crippen LogP contribution in [-0.2, 0) is 0 Å². The van der Waals surface area contributed by atoms with Crippen LogP contribution < -0.4 is 5.32 Å². The van der Waals surface area contributed by atoms with Crippen LogP contribution >= 0.6 is 0 Å². The van der Waals surface area contributed by atoms with Gasteiger partial charge in [-0.1, -0.05) is 38.5 Å². The van der Waals surface area contributed by atoms with Crippen molar-refractivity contribution in [3.8, 4) is 0 Å². The first-order valence-corrected chi connectivity index (χ1v) is 8.57. The Morgan fingerprint density at radius 1 is 1.04 bits per heavy atom. The average Bonchev–Trinajstić information content (AvgIpc) is 2.53. The number of hydrogen-bond donors (Lipinski definition) is 1. The lowest BCUT2D eigenvalue weighted by molar-refractivity contribution is 0.0663. The summed E-state index contributed by atoms with van der Waals surface area (Å²) in [7, 11) is 0. The summed E-state index contributed by atoms with van der Waals surface area (Å²) in [5.74, 6) is 0.0611. The van der Waals surface area contributed by atoms with Crippen molar-refractivity contribution in [3.05, 3.63) is 34.9 Å². The number of nitrogens with zero attached hydrogens (tertiary/aromatic N) is 2. The largest absolute Gasteiger partial charge is 0.337 e. The topological polar surface area (TPSA) is 52.7 Å². The van der Waals surface area contributed by atoms with Crippen molar-refractivity contribution in [2.24, 2.45) is 5.41 Å². The fourth-order valence-electron chi connectivity index (χ4n) is 2.70. The van der Waals surface area contributed by atoms with Crippen LogP contribution in [0.25, 0.3) is 0 Å². The quantitative estimate of drug-likeness (QED) is 0.906. The Balaban J connectivity index is 1.91. The van der Waals surface area contributed by atoms with E-state index in [1.165, 1.54) is 0 Å². The molecule has 3 amide bonds. The highest BCUT2D eigenvalue weighted by Gasteiger charge is 2.26. The number of rotatable bonds is 2. The van der Waals surface area contributed by atoms with Crippen molar-refractivity contribution < 1.29 is 9.59 Å². The van der Waals surface area contributed by atoms with Crippen LogP contribution in [-0.4, -0.2) is 54.5 Å². The van der Waals surface area contributed by atoms with Crippen molar-refractivity contribution in [1.82, 2.24) is 15.1 Å². The molecule has 5 heteroatoms. The maximum absolute atomic E-state index is 12.7. The van der Waals surface area contributed by atoms with E-state index in [0.29, 0.717) is 32.7 Å². The van der Waals surface area contributed by atoms with Crippen molar-refractivity contribution in [2.45, 2.75) is 34.6 Å². The van der Waals surface area contributed by atoms with Crippen LogP contribution in [0.15, 0.2) is 18.2 Å². The predicted molar refractivity (Wildman–Crippen MR) is 96.2 cm³/mol. The number of carbonyl (C=O) groups is 2. The Bertz CT molecular complexity index is 612. The van der Waals surface area contributed by atoms with Crippen LogP contribution in [0.5, 0.6) is 0 Å². The summed E-state index contributed by atoms with van der Waals surface area (Å²) < 4.78 is 0. The molecular weight excluding hydrogens is 302 g/mol. The fraction of sp³-hybridized carbons (Fsp3) is 0.579. The average molecular weight is 331 g/mol. The van der Waals surface area contributed by atoms with E-state index in [4.69, 9.17) is 0 Å². The molecule has 24 heavy (non-hydrogen) atoms. The molecule has 2 rings (SSSR count). The minimum Gasteiger partial charge on any atom is -0.337 e. The lowest BCUT2D eigenvalue weighted by Gasteiger charge is -2.35. The van der Waals surface area contributed by atoms with Gasteiger partial charge in [-0.3, -0.25) is 4.79 Å². The van der Waals surface area contributed by atoms with E-state index >= 15 is 0 Å². The number of piperazine rings is 1.